The van der Waals surface area contributed by atoms with Crippen molar-refractivity contribution in [3.8, 4) is 0 Å². The third kappa shape index (κ3) is 3.36. The van der Waals surface area contributed by atoms with E-state index in [-0.39, 0.29) is 11.1 Å². The molecule has 1 aromatic rings. The van der Waals surface area contributed by atoms with Crippen LogP contribution < -0.4 is 0 Å². The molecule has 1 N–H and O–H groups in total. The number of hydrogen-bond donors (Lipinski definition) is 1. The van der Waals surface area contributed by atoms with Crippen molar-refractivity contribution in [2.75, 3.05) is 13.1 Å². The molecule has 20 heavy (non-hydrogen) atoms. The van der Waals surface area contributed by atoms with Gasteiger partial charge in [-0.3, -0.25) is 0 Å². The first-order valence-corrected chi connectivity index (χ1v) is 7.00. The molecule has 0 aromatic carbocycles. The van der Waals surface area contributed by atoms with E-state index in [0.29, 0.717) is 18.8 Å². The van der Waals surface area contributed by atoms with Gasteiger partial charge < -0.3 is 14.7 Å². The Morgan fingerprint density at radius 2 is 2.15 bits per heavy atom. The number of ether oxygens (including phenoxy) is 1. The number of thiazole rings is 1. The van der Waals surface area contributed by atoms with Gasteiger partial charge in [0.15, 0.2) is 0 Å². The molecule has 0 saturated carbocycles. The Kier molecular flexibility index (Phi) is 3.80. The normalized spacial score (nSPS) is 15.2. The summed E-state index contributed by atoms with van der Waals surface area (Å²) in [7, 11) is 0. The molecule has 0 spiro atoms. The van der Waals surface area contributed by atoms with Crippen molar-refractivity contribution < 1.29 is 19.4 Å². The number of rotatable bonds is 2. The van der Waals surface area contributed by atoms with E-state index in [9.17, 15) is 9.59 Å². The molecule has 2 heterocycles. The number of carbonyl (C=O) groups is 2. The maximum absolute atomic E-state index is 11.9. The van der Waals surface area contributed by atoms with E-state index >= 15 is 0 Å². The van der Waals surface area contributed by atoms with Gasteiger partial charge in [0.05, 0.1) is 12.2 Å². The third-order valence-electron chi connectivity index (χ3n) is 2.59. The molecule has 0 unspecified atom stereocenters. The van der Waals surface area contributed by atoms with Gasteiger partial charge in [-0.1, -0.05) is 6.08 Å². The zero-order valence-electron chi connectivity index (χ0n) is 11.5. The van der Waals surface area contributed by atoms with Crippen LogP contribution in [0.3, 0.4) is 0 Å². The zero-order chi connectivity index (χ0) is 14.9. The van der Waals surface area contributed by atoms with Crippen LogP contribution in [0, 0.1) is 0 Å². The van der Waals surface area contributed by atoms with Crippen molar-refractivity contribution in [3.05, 3.63) is 22.2 Å². The second kappa shape index (κ2) is 5.24. The summed E-state index contributed by atoms with van der Waals surface area (Å²) in [5.74, 6) is -1.04. The highest BCUT2D eigenvalue weighted by Crippen LogP contribution is 2.24. The molecule has 1 amide bonds. The number of carboxylic acid groups (broad SMARTS) is 1. The minimum absolute atomic E-state index is 0.0524. The standard InChI is InChI=1S/C13H16N2O4S/c1-13(2,3)19-12(18)15-5-4-8(6-15)9-7-20-10(14-9)11(16)17/h4,7H,5-6H2,1-3H3,(H,16,17). The van der Waals surface area contributed by atoms with Crippen LogP contribution in [0.25, 0.3) is 5.57 Å². The number of carbonyl (C=O) groups excluding carboxylic acids is 1. The van der Waals surface area contributed by atoms with Crippen molar-refractivity contribution in [3.63, 3.8) is 0 Å². The maximum atomic E-state index is 11.9. The first-order chi connectivity index (χ1) is 9.26. The van der Waals surface area contributed by atoms with Crippen molar-refractivity contribution in [1.29, 1.82) is 0 Å². The molecule has 1 aliphatic heterocycles. The largest absolute Gasteiger partial charge is 0.476 e. The van der Waals surface area contributed by atoms with Crippen LogP contribution in [0.15, 0.2) is 11.5 Å². The Morgan fingerprint density at radius 3 is 2.70 bits per heavy atom. The molecule has 0 radical (unpaired) electrons. The summed E-state index contributed by atoms with van der Waals surface area (Å²) in [6.45, 7) is 6.28. The Bertz CT molecular complexity index is 571. The summed E-state index contributed by atoms with van der Waals surface area (Å²) in [4.78, 5) is 28.3. The van der Waals surface area contributed by atoms with E-state index in [2.05, 4.69) is 4.98 Å². The number of carboxylic acids is 1. The molecule has 7 heteroatoms. The lowest BCUT2D eigenvalue weighted by Gasteiger charge is -2.24. The van der Waals surface area contributed by atoms with Gasteiger partial charge in [0.1, 0.15) is 5.60 Å². The molecular weight excluding hydrogens is 280 g/mol. The number of nitrogens with zero attached hydrogens (tertiary/aromatic N) is 2. The van der Waals surface area contributed by atoms with Crippen molar-refractivity contribution in [2.24, 2.45) is 0 Å². The van der Waals surface area contributed by atoms with Crippen LogP contribution in [0.2, 0.25) is 0 Å². The molecule has 1 aromatic heterocycles. The van der Waals surface area contributed by atoms with E-state index in [1.54, 1.807) is 10.3 Å². The van der Waals surface area contributed by atoms with Crippen LogP contribution in [-0.4, -0.2) is 45.7 Å². The van der Waals surface area contributed by atoms with Crippen molar-refractivity contribution in [2.45, 2.75) is 26.4 Å². The van der Waals surface area contributed by atoms with Gasteiger partial charge >= 0.3 is 12.1 Å². The molecule has 108 valence electrons. The Labute approximate surface area is 120 Å². The summed E-state index contributed by atoms with van der Waals surface area (Å²) >= 11 is 1.08. The van der Waals surface area contributed by atoms with E-state index in [0.717, 1.165) is 16.9 Å². The molecule has 2 rings (SSSR count). The maximum Gasteiger partial charge on any atom is 0.410 e. The number of aromatic nitrogens is 1. The Hall–Kier alpha value is -1.89. The predicted octanol–water partition coefficient (Wildman–Crippen LogP) is 2.48. The summed E-state index contributed by atoms with van der Waals surface area (Å²) in [6, 6.07) is 0. The first-order valence-electron chi connectivity index (χ1n) is 6.12. The molecule has 0 fully saturated rings. The first kappa shape index (κ1) is 14.5. The second-order valence-electron chi connectivity index (χ2n) is 5.43. The van der Waals surface area contributed by atoms with Crippen LogP contribution in [0.4, 0.5) is 4.79 Å². The molecule has 6 nitrogen and oxygen atoms in total. The van der Waals surface area contributed by atoms with Gasteiger partial charge in [0, 0.05) is 11.9 Å². The van der Waals surface area contributed by atoms with Gasteiger partial charge in [0.2, 0.25) is 5.01 Å². The molecule has 0 atom stereocenters. The van der Waals surface area contributed by atoms with Crippen LogP contribution in [0.5, 0.6) is 0 Å². The minimum Gasteiger partial charge on any atom is -0.476 e. The molecule has 0 aliphatic carbocycles. The Balaban J connectivity index is 2.01. The Morgan fingerprint density at radius 1 is 1.45 bits per heavy atom. The second-order valence-corrected chi connectivity index (χ2v) is 6.29. The predicted molar refractivity (Wildman–Crippen MR) is 74.9 cm³/mol. The van der Waals surface area contributed by atoms with Gasteiger partial charge in [-0.05, 0) is 26.3 Å². The molecular formula is C13H16N2O4S. The summed E-state index contributed by atoms with van der Waals surface area (Å²) in [5.41, 5.74) is 0.926. The summed E-state index contributed by atoms with van der Waals surface area (Å²) in [6.07, 6.45) is 1.49. The molecule has 1 aliphatic rings. The van der Waals surface area contributed by atoms with Crippen LogP contribution >= 0.6 is 11.3 Å². The van der Waals surface area contributed by atoms with Gasteiger partial charge in [0.25, 0.3) is 0 Å². The summed E-state index contributed by atoms with van der Waals surface area (Å²) < 4.78 is 5.29. The topological polar surface area (TPSA) is 79.7 Å². The molecule has 0 bridgehead atoms. The van der Waals surface area contributed by atoms with Crippen molar-refractivity contribution >= 4 is 29.0 Å². The van der Waals surface area contributed by atoms with Gasteiger partial charge in [-0.15, -0.1) is 11.3 Å². The van der Waals surface area contributed by atoms with Gasteiger partial charge in [-0.25, -0.2) is 14.6 Å². The minimum atomic E-state index is -1.04. The summed E-state index contributed by atoms with van der Waals surface area (Å²) in [5, 5.41) is 10.6. The fraction of sp³-hybridized carbons (Fsp3) is 0.462. The van der Waals surface area contributed by atoms with Crippen LogP contribution in [0.1, 0.15) is 36.3 Å². The van der Waals surface area contributed by atoms with Crippen molar-refractivity contribution in [1.82, 2.24) is 9.88 Å². The highest BCUT2D eigenvalue weighted by Gasteiger charge is 2.26. The lowest BCUT2D eigenvalue weighted by Crippen LogP contribution is -2.35. The highest BCUT2D eigenvalue weighted by molar-refractivity contribution is 7.11. The lowest BCUT2D eigenvalue weighted by atomic mass is 10.2. The monoisotopic (exact) mass is 296 g/mol. The number of aromatic carboxylic acids is 1. The third-order valence-corrected chi connectivity index (χ3v) is 3.42. The fourth-order valence-electron chi connectivity index (χ4n) is 1.73. The SMILES string of the molecule is CC(C)(C)OC(=O)N1CC=C(c2csc(C(=O)O)n2)C1. The van der Waals surface area contributed by atoms with Crippen LogP contribution in [-0.2, 0) is 4.74 Å². The fourth-order valence-corrected chi connectivity index (χ4v) is 2.40. The van der Waals surface area contributed by atoms with E-state index in [1.165, 1.54) is 0 Å². The van der Waals surface area contributed by atoms with Gasteiger partial charge in [-0.2, -0.15) is 0 Å². The zero-order valence-corrected chi connectivity index (χ0v) is 12.4. The molecule has 0 saturated heterocycles. The number of amides is 1. The average Bonchev–Trinajstić information content (AvgIpc) is 2.95. The lowest BCUT2D eigenvalue weighted by molar-refractivity contribution is 0.0306. The van der Waals surface area contributed by atoms with E-state index in [4.69, 9.17) is 9.84 Å². The van der Waals surface area contributed by atoms with E-state index in [1.807, 2.05) is 26.8 Å². The smallest absolute Gasteiger partial charge is 0.410 e. The quantitative estimate of drug-likeness (QED) is 0.907. The van der Waals surface area contributed by atoms with E-state index < -0.39 is 11.6 Å². The highest BCUT2D eigenvalue weighted by atomic mass is 32.1. The average molecular weight is 296 g/mol. The number of hydrogen-bond acceptors (Lipinski definition) is 5.